The van der Waals surface area contributed by atoms with E-state index in [1.54, 1.807) is 45.0 Å². The zero-order valence-electron chi connectivity index (χ0n) is 26.5. The second kappa shape index (κ2) is 14.3. The normalized spacial score (nSPS) is 17.9. The Morgan fingerprint density at radius 1 is 0.958 bits per heavy atom. The Hall–Kier alpha value is -5.14. The van der Waals surface area contributed by atoms with E-state index < -0.39 is 65.4 Å². The van der Waals surface area contributed by atoms with Crippen molar-refractivity contribution in [3.63, 3.8) is 0 Å². The molecule has 1 fully saturated rings. The number of ether oxygens (including phenoxy) is 2. The van der Waals surface area contributed by atoms with Crippen LogP contribution in [0.25, 0.3) is 0 Å². The topological polar surface area (TPSA) is 177 Å². The summed E-state index contributed by atoms with van der Waals surface area (Å²) in [5, 5.41) is 14.2. The number of hydrogen-bond donors (Lipinski definition) is 4. The second-order valence-corrected chi connectivity index (χ2v) is 13.3. The smallest absolute Gasteiger partial charge is 0.412 e. The number of rotatable bonds is 10. The molecule has 3 aromatic carbocycles. The summed E-state index contributed by atoms with van der Waals surface area (Å²) in [5.74, 6) is -3.21. The third-order valence-corrected chi connectivity index (χ3v) is 8.89. The number of anilines is 1. The Bertz CT molecular complexity index is 1700. The number of para-hydroxylation sites is 1. The van der Waals surface area contributed by atoms with Crippen LogP contribution in [0.1, 0.15) is 56.0 Å². The molecule has 0 aliphatic carbocycles. The predicted molar refractivity (Wildman–Crippen MR) is 178 cm³/mol. The highest BCUT2D eigenvalue weighted by Gasteiger charge is 2.55. The van der Waals surface area contributed by atoms with Crippen molar-refractivity contribution in [1.29, 1.82) is 0 Å². The lowest BCUT2D eigenvalue weighted by Gasteiger charge is -2.50. The van der Waals surface area contributed by atoms with Crippen molar-refractivity contribution in [3.05, 3.63) is 113 Å². The number of nitrogens with one attached hydrogen (secondary N) is 2. The molecule has 250 valence electrons. The van der Waals surface area contributed by atoms with Gasteiger partial charge in [0.2, 0.25) is 5.91 Å². The summed E-state index contributed by atoms with van der Waals surface area (Å²) in [4.78, 5) is 66.2. The summed E-state index contributed by atoms with van der Waals surface area (Å²) in [6, 6.07) is 22.3. The molecule has 0 saturated carbocycles. The highest BCUT2D eigenvalue weighted by molar-refractivity contribution is 8.00. The van der Waals surface area contributed by atoms with Crippen molar-refractivity contribution >= 4 is 47.3 Å². The molecule has 3 amide bonds. The van der Waals surface area contributed by atoms with E-state index in [9.17, 15) is 29.1 Å². The maximum absolute atomic E-state index is 13.9. The Morgan fingerprint density at radius 3 is 2.12 bits per heavy atom. The zero-order chi connectivity index (χ0) is 34.6. The van der Waals surface area contributed by atoms with E-state index in [0.717, 1.165) is 0 Å². The Labute approximate surface area is 281 Å². The molecule has 0 spiro atoms. The Morgan fingerprint density at radius 2 is 1.54 bits per heavy atom. The molecule has 5 rings (SSSR count). The van der Waals surface area contributed by atoms with Crippen LogP contribution in [-0.4, -0.2) is 62.6 Å². The van der Waals surface area contributed by atoms with Crippen LogP contribution in [0.3, 0.4) is 0 Å². The number of fused-ring (bicyclic) bond motifs is 1. The molecule has 12 nitrogen and oxygen atoms in total. The predicted octanol–water partition coefficient (Wildman–Crippen LogP) is 4.49. The molecule has 48 heavy (non-hydrogen) atoms. The third-order valence-electron chi connectivity index (χ3n) is 7.55. The van der Waals surface area contributed by atoms with Crippen molar-refractivity contribution < 1.29 is 38.6 Å². The van der Waals surface area contributed by atoms with Gasteiger partial charge in [0.15, 0.2) is 6.10 Å². The van der Waals surface area contributed by atoms with Gasteiger partial charge in [-0.15, -0.1) is 11.8 Å². The van der Waals surface area contributed by atoms with E-state index in [2.05, 4.69) is 10.6 Å². The molecule has 0 aromatic heterocycles. The molecular formula is C35H36N4O8S. The maximum atomic E-state index is 13.9. The van der Waals surface area contributed by atoms with Crippen molar-refractivity contribution in [2.75, 3.05) is 11.1 Å². The number of hydrogen-bond acceptors (Lipinski definition) is 9. The lowest BCUT2D eigenvalue weighted by Crippen LogP contribution is -2.71. The monoisotopic (exact) mass is 672 g/mol. The first kappa shape index (κ1) is 34.2. The number of aliphatic carboxylic acids is 1. The summed E-state index contributed by atoms with van der Waals surface area (Å²) in [5.41, 5.74) is 7.58. The van der Waals surface area contributed by atoms with Gasteiger partial charge in [0.25, 0.3) is 5.91 Å². The Balaban J connectivity index is 1.35. The first-order valence-corrected chi connectivity index (χ1v) is 16.2. The fourth-order valence-corrected chi connectivity index (χ4v) is 6.76. The number of carbonyl (C=O) groups excluding carboxylic acids is 4. The summed E-state index contributed by atoms with van der Waals surface area (Å²) in [6.07, 6.45) is -2.03. The average Bonchev–Trinajstić information content (AvgIpc) is 3.05. The minimum absolute atomic E-state index is 0.119. The number of esters is 1. The van der Waals surface area contributed by atoms with Crippen LogP contribution in [-0.2, 0) is 28.7 Å². The average molecular weight is 673 g/mol. The number of thioether (sulfide) groups is 1. The van der Waals surface area contributed by atoms with Crippen LogP contribution in [0.2, 0.25) is 0 Å². The van der Waals surface area contributed by atoms with Crippen molar-refractivity contribution in [2.45, 2.75) is 56.4 Å². The highest BCUT2D eigenvalue weighted by Crippen LogP contribution is 2.42. The number of carboxylic acids is 1. The minimum atomic E-state index is -1.27. The van der Waals surface area contributed by atoms with Gasteiger partial charge in [-0.25, -0.2) is 9.59 Å². The van der Waals surface area contributed by atoms with Crippen LogP contribution in [0.15, 0.2) is 96.2 Å². The van der Waals surface area contributed by atoms with Crippen LogP contribution in [0, 0.1) is 0 Å². The lowest BCUT2D eigenvalue weighted by molar-refractivity contribution is -0.155. The zero-order valence-corrected chi connectivity index (χ0v) is 27.4. The lowest BCUT2D eigenvalue weighted by atomic mass is 9.99. The second-order valence-electron chi connectivity index (χ2n) is 12.2. The summed E-state index contributed by atoms with van der Waals surface area (Å²) >= 11 is 1.22. The Kier molecular flexibility index (Phi) is 10.2. The number of β-lactam (4-membered cyclic amide) rings is 1. The first-order valence-electron chi connectivity index (χ1n) is 15.2. The van der Waals surface area contributed by atoms with E-state index in [1.165, 1.54) is 16.7 Å². The summed E-state index contributed by atoms with van der Waals surface area (Å²) in [7, 11) is 0. The maximum Gasteiger partial charge on any atom is 0.412 e. The molecule has 5 N–H and O–H groups in total. The van der Waals surface area contributed by atoms with Gasteiger partial charge in [-0.05, 0) is 43.5 Å². The van der Waals surface area contributed by atoms with Crippen molar-refractivity contribution in [3.8, 4) is 0 Å². The number of amides is 3. The van der Waals surface area contributed by atoms with E-state index in [1.807, 2.05) is 60.7 Å². The van der Waals surface area contributed by atoms with Crippen molar-refractivity contribution in [1.82, 2.24) is 10.2 Å². The highest BCUT2D eigenvalue weighted by atomic mass is 32.2. The summed E-state index contributed by atoms with van der Waals surface area (Å²) in [6.45, 7) is 5.15. The first-order chi connectivity index (χ1) is 22.8. The standard InChI is InChI=1S/C35H36N4O8S/c1-35(2,3)47-34(45)37-24-17-11-10-16-23(24)26(36)30(42)38-27-31(43)39-28(22(18-25(40)41)19-48-32(27)39)33(44)46-29(20-12-6-4-7-13-20)21-14-8-5-9-15-21/h4-17,26-27,29,32H,18-19,36H2,1-3H3,(H,37,45)(H,38,42)(H,40,41)/t26-,27+,32-/m0/s1. The number of carboxylic acid groups (broad SMARTS) is 1. The van der Waals surface area contributed by atoms with E-state index in [0.29, 0.717) is 16.7 Å². The van der Waals surface area contributed by atoms with E-state index in [4.69, 9.17) is 15.2 Å². The molecule has 0 unspecified atom stereocenters. The molecule has 3 aromatic rings. The molecule has 1 saturated heterocycles. The molecule has 0 bridgehead atoms. The summed E-state index contributed by atoms with van der Waals surface area (Å²) < 4.78 is 11.3. The van der Waals surface area contributed by atoms with Crippen molar-refractivity contribution in [2.24, 2.45) is 5.73 Å². The van der Waals surface area contributed by atoms with Gasteiger partial charge in [0, 0.05) is 17.0 Å². The van der Waals surface area contributed by atoms with Gasteiger partial charge in [0.1, 0.15) is 28.8 Å². The number of carbonyl (C=O) groups is 5. The molecule has 13 heteroatoms. The SMILES string of the molecule is CC(C)(C)OC(=O)Nc1ccccc1[C@H](N)C(=O)N[C@@H]1C(=O)N2C(C(=O)OC(c3ccccc3)c3ccccc3)=C(CC(=O)O)CS[C@@H]12. The van der Waals surface area contributed by atoms with Gasteiger partial charge < -0.3 is 25.6 Å². The molecule has 3 atom stereocenters. The third kappa shape index (κ3) is 7.69. The minimum Gasteiger partial charge on any atom is -0.481 e. The van der Waals surface area contributed by atoms with E-state index >= 15 is 0 Å². The number of benzene rings is 3. The van der Waals surface area contributed by atoms with Crippen LogP contribution < -0.4 is 16.4 Å². The van der Waals surface area contributed by atoms with Crippen LogP contribution in [0.4, 0.5) is 10.5 Å². The van der Waals surface area contributed by atoms with Gasteiger partial charge in [-0.3, -0.25) is 24.6 Å². The molecule has 2 aliphatic heterocycles. The molecule has 0 radical (unpaired) electrons. The molecular weight excluding hydrogens is 636 g/mol. The molecule has 2 heterocycles. The van der Waals surface area contributed by atoms with Gasteiger partial charge >= 0.3 is 18.0 Å². The fraction of sp³-hybridized carbons (Fsp3) is 0.286. The van der Waals surface area contributed by atoms with Gasteiger partial charge in [0.05, 0.1) is 6.42 Å². The van der Waals surface area contributed by atoms with Crippen LogP contribution >= 0.6 is 11.8 Å². The quantitative estimate of drug-likeness (QED) is 0.177. The van der Waals surface area contributed by atoms with Gasteiger partial charge in [-0.2, -0.15) is 0 Å². The molecule has 2 aliphatic rings. The van der Waals surface area contributed by atoms with Gasteiger partial charge in [-0.1, -0.05) is 78.9 Å². The fourth-order valence-electron chi connectivity index (χ4n) is 5.42. The largest absolute Gasteiger partial charge is 0.481 e. The van der Waals surface area contributed by atoms with E-state index in [-0.39, 0.29) is 22.7 Å². The van der Waals surface area contributed by atoms with Crippen LogP contribution in [0.5, 0.6) is 0 Å². The number of nitrogens with two attached hydrogens (primary N) is 1. The number of nitrogens with zero attached hydrogens (tertiary/aromatic N) is 1.